The van der Waals surface area contributed by atoms with Gasteiger partial charge in [-0.2, -0.15) is 0 Å². The molecule has 4 rings (SSSR count). The average Bonchev–Trinajstić information content (AvgIpc) is 3.05. The van der Waals surface area contributed by atoms with E-state index >= 15 is 0 Å². The Bertz CT molecular complexity index is 892. The summed E-state index contributed by atoms with van der Waals surface area (Å²) in [5, 5.41) is 3.81. The second kappa shape index (κ2) is 6.72. The third-order valence-electron chi connectivity index (χ3n) is 5.17. The van der Waals surface area contributed by atoms with Crippen LogP contribution < -0.4 is 5.32 Å². The predicted molar refractivity (Wildman–Crippen MR) is 98.9 cm³/mol. The van der Waals surface area contributed by atoms with Crippen molar-refractivity contribution in [1.82, 2.24) is 10.2 Å². The van der Waals surface area contributed by atoms with Gasteiger partial charge in [-0.3, -0.25) is 4.90 Å². The summed E-state index contributed by atoms with van der Waals surface area (Å²) >= 11 is 5.96. The molecule has 1 aliphatic heterocycles. The first-order valence-corrected chi connectivity index (χ1v) is 10.5. The zero-order chi connectivity index (χ0) is 17.4. The van der Waals surface area contributed by atoms with Crippen LogP contribution in [0, 0.1) is 0 Å². The summed E-state index contributed by atoms with van der Waals surface area (Å²) in [5.74, 6) is 0. The minimum Gasteiger partial charge on any atom is -0.314 e. The van der Waals surface area contributed by atoms with E-state index in [-0.39, 0.29) is 4.90 Å². The minimum atomic E-state index is -3.53. The molecule has 0 spiro atoms. The molecule has 1 unspecified atom stereocenters. The lowest BCUT2D eigenvalue weighted by atomic mass is 10.1. The maximum atomic E-state index is 12.9. The number of nitrogens with one attached hydrogen (secondary N) is 1. The van der Waals surface area contributed by atoms with Crippen LogP contribution >= 0.6 is 11.6 Å². The largest absolute Gasteiger partial charge is 0.314 e. The normalized spacial score (nSPS) is 21.2. The Balaban J connectivity index is 1.66. The van der Waals surface area contributed by atoms with E-state index in [9.17, 15) is 8.42 Å². The summed E-state index contributed by atoms with van der Waals surface area (Å²) in [6.45, 7) is 4.14. The molecule has 6 heteroatoms. The molecule has 1 saturated heterocycles. The molecule has 1 N–H and O–H groups in total. The van der Waals surface area contributed by atoms with Crippen molar-refractivity contribution in [3.05, 3.63) is 58.6 Å². The van der Waals surface area contributed by atoms with Crippen molar-refractivity contribution < 1.29 is 8.42 Å². The molecule has 0 aromatic heterocycles. The molecule has 25 heavy (non-hydrogen) atoms. The van der Waals surface area contributed by atoms with Gasteiger partial charge in [0.2, 0.25) is 9.84 Å². The van der Waals surface area contributed by atoms with Gasteiger partial charge in [0.25, 0.3) is 0 Å². The van der Waals surface area contributed by atoms with E-state index < -0.39 is 9.84 Å². The van der Waals surface area contributed by atoms with Gasteiger partial charge in [0.15, 0.2) is 0 Å². The monoisotopic (exact) mass is 376 g/mol. The summed E-state index contributed by atoms with van der Waals surface area (Å²) in [5.41, 5.74) is 2.44. The molecule has 1 heterocycles. The van der Waals surface area contributed by atoms with E-state index in [1.54, 1.807) is 24.3 Å². The molecule has 2 aromatic rings. The highest BCUT2D eigenvalue weighted by Crippen LogP contribution is 2.37. The van der Waals surface area contributed by atoms with Crippen molar-refractivity contribution in [2.75, 3.05) is 26.2 Å². The van der Waals surface area contributed by atoms with Gasteiger partial charge in [0.1, 0.15) is 0 Å². The van der Waals surface area contributed by atoms with Crippen molar-refractivity contribution >= 4 is 21.4 Å². The second-order valence-electron chi connectivity index (χ2n) is 6.66. The van der Waals surface area contributed by atoms with Crippen LogP contribution in [0.1, 0.15) is 23.6 Å². The Labute approximate surface area is 153 Å². The SMILES string of the molecule is O=S(=O)(c1cccc(Cl)c1)c1ccc2c(c1)CCC2N1CCNCC1. The Kier molecular flexibility index (Phi) is 4.58. The summed E-state index contributed by atoms with van der Waals surface area (Å²) in [6, 6.07) is 12.5. The number of fused-ring (bicyclic) bond motifs is 1. The maximum absolute atomic E-state index is 12.9. The number of piperazine rings is 1. The fourth-order valence-corrected chi connectivity index (χ4v) is 5.49. The van der Waals surface area contributed by atoms with E-state index in [1.807, 2.05) is 12.1 Å². The lowest BCUT2D eigenvalue weighted by molar-refractivity contribution is 0.173. The third-order valence-corrected chi connectivity index (χ3v) is 7.15. The number of nitrogens with zero attached hydrogens (tertiary/aromatic N) is 1. The van der Waals surface area contributed by atoms with E-state index in [1.165, 1.54) is 11.6 Å². The van der Waals surface area contributed by atoms with Crippen LogP contribution in [0.3, 0.4) is 0 Å². The first kappa shape index (κ1) is 17.0. The Morgan fingerprint density at radius 1 is 1.04 bits per heavy atom. The standard InChI is InChI=1S/C19H21ClN2O2S/c20-15-2-1-3-16(13-15)25(23,24)17-5-6-18-14(12-17)4-7-19(18)22-10-8-21-9-11-22/h1-3,5-6,12-13,19,21H,4,7-11H2. The fraction of sp³-hybridized carbons (Fsp3) is 0.368. The van der Waals surface area contributed by atoms with Crippen LogP contribution in [-0.2, 0) is 16.3 Å². The third kappa shape index (κ3) is 3.22. The highest BCUT2D eigenvalue weighted by atomic mass is 35.5. The molecule has 0 saturated carbocycles. The topological polar surface area (TPSA) is 49.4 Å². The number of sulfone groups is 1. The van der Waals surface area contributed by atoms with Gasteiger partial charge in [-0.1, -0.05) is 23.7 Å². The molecule has 4 nitrogen and oxygen atoms in total. The van der Waals surface area contributed by atoms with Crippen molar-refractivity contribution in [3.63, 3.8) is 0 Å². The molecule has 2 aliphatic rings. The Morgan fingerprint density at radius 2 is 1.80 bits per heavy atom. The smallest absolute Gasteiger partial charge is 0.206 e. The lowest BCUT2D eigenvalue weighted by Gasteiger charge is -2.33. The van der Waals surface area contributed by atoms with Gasteiger partial charge in [-0.25, -0.2) is 8.42 Å². The molecule has 0 amide bonds. The number of halogens is 1. The van der Waals surface area contributed by atoms with Crippen LogP contribution in [0.15, 0.2) is 52.3 Å². The van der Waals surface area contributed by atoms with E-state index in [0.29, 0.717) is 16.0 Å². The highest BCUT2D eigenvalue weighted by Gasteiger charge is 2.30. The first-order valence-electron chi connectivity index (χ1n) is 8.64. The van der Waals surface area contributed by atoms with Gasteiger partial charge < -0.3 is 5.32 Å². The minimum absolute atomic E-state index is 0.247. The number of rotatable bonds is 3. The average molecular weight is 377 g/mol. The summed E-state index contributed by atoms with van der Waals surface area (Å²) < 4.78 is 25.8. The zero-order valence-corrected chi connectivity index (χ0v) is 15.5. The van der Waals surface area contributed by atoms with Gasteiger partial charge in [-0.15, -0.1) is 0 Å². The van der Waals surface area contributed by atoms with Crippen molar-refractivity contribution in [1.29, 1.82) is 0 Å². The van der Waals surface area contributed by atoms with Gasteiger partial charge >= 0.3 is 0 Å². The van der Waals surface area contributed by atoms with E-state index in [2.05, 4.69) is 10.2 Å². The van der Waals surface area contributed by atoms with E-state index in [4.69, 9.17) is 11.6 Å². The summed E-state index contributed by atoms with van der Waals surface area (Å²) in [4.78, 5) is 3.11. The van der Waals surface area contributed by atoms with Crippen molar-refractivity contribution in [2.24, 2.45) is 0 Å². The van der Waals surface area contributed by atoms with Crippen LogP contribution in [-0.4, -0.2) is 39.5 Å². The van der Waals surface area contributed by atoms with Crippen LogP contribution in [0.5, 0.6) is 0 Å². The number of benzene rings is 2. The first-order chi connectivity index (χ1) is 12.1. The second-order valence-corrected chi connectivity index (χ2v) is 9.05. The molecular weight excluding hydrogens is 356 g/mol. The molecule has 2 aromatic carbocycles. The van der Waals surface area contributed by atoms with Gasteiger partial charge in [-0.05, 0) is 54.3 Å². The lowest BCUT2D eigenvalue weighted by Crippen LogP contribution is -2.44. The number of aryl methyl sites for hydroxylation is 1. The quantitative estimate of drug-likeness (QED) is 0.894. The molecule has 1 fully saturated rings. The van der Waals surface area contributed by atoms with Crippen molar-refractivity contribution in [3.8, 4) is 0 Å². The summed E-state index contributed by atoms with van der Waals surface area (Å²) in [7, 11) is -3.53. The maximum Gasteiger partial charge on any atom is 0.206 e. The Morgan fingerprint density at radius 3 is 2.56 bits per heavy atom. The molecular formula is C19H21ClN2O2S. The molecule has 1 aliphatic carbocycles. The summed E-state index contributed by atoms with van der Waals surface area (Å²) in [6.07, 6.45) is 2.00. The number of hydrogen-bond acceptors (Lipinski definition) is 4. The van der Waals surface area contributed by atoms with Gasteiger partial charge in [0, 0.05) is 37.2 Å². The van der Waals surface area contributed by atoms with Crippen LogP contribution in [0.25, 0.3) is 0 Å². The molecule has 132 valence electrons. The highest BCUT2D eigenvalue weighted by molar-refractivity contribution is 7.91. The zero-order valence-electron chi connectivity index (χ0n) is 13.9. The molecule has 0 bridgehead atoms. The van der Waals surface area contributed by atoms with Crippen LogP contribution in [0.2, 0.25) is 5.02 Å². The van der Waals surface area contributed by atoms with Crippen molar-refractivity contribution in [2.45, 2.75) is 28.7 Å². The Hall–Kier alpha value is -1.40. The van der Waals surface area contributed by atoms with Crippen LogP contribution in [0.4, 0.5) is 0 Å². The molecule has 0 radical (unpaired) electrons. The molecule has 1 atom stereocenters. The predicted octanol–water partition coefficient (Wildman–Crippen LogP) is 3.07. The van der Waals surface area contributed by atoms with E-state index in [0.717, 1.165) is 44.6 Å². The fourth-order valence-electron chi connectivity index (χ4n) is 3.88. The van der Waals surface area contributed by atoms with Gasteiger partial charge in [0.05, 0.1) is 9.79 Å². The number of hydrogen-bond donors (Lipinski definition) is 1.